The average Bonchev–Trinajstić information content (AvgIpc) is 2.97. The van der Waals surface area contributed by atoms with Crippen molar-refractivity contribution in [2.24, 2.45) is 5.92 Å². The maximum Gasteiger partial charge on any atom is 0.129 e. The molecular formula is C13H15BrFN. The highest BCUT2D eigenvalue weighted by atomic mass is 79.9. The molecule has 0 unspecified atom stereocenters. The Morgan fingerprint density at radius 3 is 2.81 bits per heavy atom. The highest BCUT2D eigenvalue weighted by Crippen LogP contribution is 2.39. The van der Waals surface area contributed by atoms with E-state index in [0.29, 0.717) is 6.04 Å². The van der Waals surface area contributed by atoms with E-state index in [4.69, 9.17) is 0 Å². The second-order valence-electron chi connectivity index (χ2n) is 5.01. The maximum atomic E-state index is 13.7. The molecule has 1 atom stereocenters. The first-order valence-electron chi connectivity index (χ1n) is 5.86. The molecule has 3 rings (SSSR count). The van der Waals surface area contributed by atoms with Gasteiger partial charge in [0.15, 0.2) is 0 Å². The summed E-state index contributed by atoms with van der Waals surface area (Å²) in [5.74, 6) is 0.788. The smallest absolute Gasteiger partial charge is 0.129 e. The second kappa shape index (κ2) is 3.81. The molecule has 0 spiro atoms. The van der Waals surface area contributed by atoms with Gasteiger partial charge < -0.3 is 0 Å². The van der Waals surface area contributed by atoms with Crippen molar-refractivity contribution in [3.8, 4) is 0 Å². The van der Waals surface area contributed by atoms with E-state index in [-0.39, 0.29) is 5.82 Å². The van der Waals surface area contributed by atoms with Crippen molar-refractivity contribution in [3.63, 3.8) is 0 Å². The summed E-state index contributed by atoms with van der Waals surface area (Å²) in [6.07, 6.45) is 2.69. The van der Waals surface area contributed by atoms with Crippen molar-refractivity contribution >= 4 is 15.9 Å². The lowest BCUT2D eigenvalue weighted by Crippen LogP contribution is -2.29. The fourth-order valence-corrected chi connectivity index (χ4v) is 3.09. The Balaban J connectivity index is 1.85. The standard InChI is InChI=1S/C13H15BrFN/c1-8(9-2-3-9)16-6-10-4-11(14)5-13(15)12(10)7-16/h4-5,8-9H,2-3,6-7H2,1H3/t8-/m0/s1. The summed E-state index contributed by atoms with van der Waals surface area (Å²) in [6.45, 7) is 3.96. The van der Waals surface area contributed by atoms with Gasteiger partial charge in [0.2, 0.25) is 0 Å². The number of fused-ring (bicyclic) bond motifs is 1. The zero-order chi connectivity index (χ0) is 11.3. The summed E-state index contributed by atoms with van der Waals surface area (Å²) < 4.78 is 14.6. The Hall–Kier alpha value is -0.410. The van der Waals surface area contributed by atoms with Crippen molar-refractivity contribution < 1.29 is 4.39 Å². The Morgan fingerprint density at radius 2 is 2.12 bits per heavy atom. The molecule has 1 fully saturated rings. The van der Waals surface area contributed by atoms with Crippen LogP contribution in [-0.4, -0.2) is 10.9 Å². The van der Waals surface area contributed by atoms with Gasteiger partial charge in [0.1, 0.15) is 5.82 Å². The molecule has 86 valence electrons. The Bertz CT molecular complexity index is 428. The van der Waals surface area contributed by atoms with E-state index in [1.54, 1.807) is 6.07 Å². The predicted molar refractivity (Wildman–Crippen MR) is 65.5 cm³/mol. The summed E-state index contributed by atoms with van der Waals surface area (Å²) in [4.78, 5) is 2.40. The Kier molecular flexibility index (Phi) is 2.55. The largest absolute Gasteiger partial charge is 0.292 e. The zero-order valence-electron chi connectivity index (χ0n) is 9.34. The molecular weight excluding hydrogens is 269 g/mol. The van der Waals surface area contributed by atoms with Gasteiger partial charge in [-0.3, -0.25) is 4.90 Å². The fraction of sp³-hybridized carbons (Fsp3) is 0.538. The van der Waals surface area contributed by atoms with Gasteiger partial charge in [0.25, 0.3) is 0 Å². The van der Waals surface area contributed by atoms with Crippen LogP contribution in [0.15, 0.2) is 16.6 Å². The van der Waals surface area contributed by atoms with Crippen LogP contribution in [0, 0.1) is 11.7 Å². The molecule has 0 N–H and O–H groups in total. The number of nitrogens with zero attached hydrogens (tertiary/aromatic N) is 1. The molecule has 1 aliphatic carbocycles. The first kappa shape index (κ1) is 10.7. The first-order chi connectivity index (χ1) is 7.65. The summed E-state index contributed by atoms with van der Waals surface area (Å²) in [6, 6.07) is 4.23. The van der Waals surface area contributed by atoms with E-state index in [1.165, 1.54) is 12.8 Å². The van der Waals surface area contributed by atoms with Crippen LogP contribution in [0.2, 0.25) is 0 Å². The van der Waals surface area contributed by atoms with Crippen molar-refractivity contribution in [2.45, 2.75) is 38.9 Å². The lowest BCUT2D eigenvalue weighted by Gasteiger charge is -2.23. The Morgan fingerprint density at radius 1 is 1.38 bits per heavy atom. The molecule has 1 heterocycles. The summed E-state index contributed by atoms with van der Waals surface area (Å²) in [5, 5.41) is 0. The van der Waals surface area contributed by atoms with Gasteiger partial charge in [0.05, 0.1) is 0 Å². The van der Waals surface area contributed by atoms with Crippen LogP contribution >= 0.6 is 15.9 Å². The molecule has 1 nitrogen and oxygen atoms in total. The summed E-state index contributed by atoms with van der Waals surface area (Å²) in [5.41, 5.74) is 2.05. The highest BCUT2D eigenvalue weighted by molar-refractivity contribution is 9.10. The van der Waals surface area contributed by atoms with Gasteiger partial charge >= 0.3 is 0 Å². The first-order valence-corrected chi connectivity index (χ1v) is 6.65. The van der Waals surface area contributed by atoms with E-state index in [2.05, 4.69) is 33.8 Å². The van der Waals surface area contributed by atoms with Crippen molar-refractivity contribution in [1.29, 1.82) is 0 Å². The molecule has 1 aromatic rings. The zero-order valence-corrected chi connectivity index (χ0v) is 10.9. The number of benzene rings is 1. The molecule has 3 heteroatoms. The molecule has 0 amide bonds. The van der Waals surface area contributed by atoms with Crippen LogP contribution in [0.4, 0.5) is 4.39 Å². The summed E-state index contributed by atoms with van der Waals surface area (Å²) >= 11 is 3.36. The number of hydrogen-bond acceptors (Lipinski definition) is 1. The minimum absolute atomic E-state index is 0.0603. The molecule has 0 radical (unpaired) electrons. The van der Waals surface area contributed by atoms with E-state index >= 15 is 0 Å². The van der Waals surface area contributed by atoms with Crippen molar-refractivity contribution in [3.05, 3.63) is 33.5 Å². The molecule has 0 aromatic heterocycles. The molecule has 1 aliphatic heterocycles. The maximum absolute atomic E-state index is 13.7. The second-order valence-corrected chi connectivity index (χ2v) is 5.92. The molecule has 0 saturated heterocycles. The van der Waals surface area contributed by atoms with E-state index in [1.807, 2.05) is 0 Å². The van der Waals surface area contributed by atoms with Gasteiger partial charge in [-0.1, -0.05) is 15.9 Å². The van der Waals surface area contributed by atoms with Crippen LogP contribution in [0.5, 0.6) is 0 Å². The van der Waals surface area contributed by atoms with E-state index < -0.39 is 0 Å². The van der Waals surface area contributed by atoms with E-state index in [0.717, 1.165) is 34.6 Å². The van der Waals surface area contributed by atoms with Crippen molar-refractivity contribution in [2.75, 3.05) is 0 Å². The van der Waals surface area contributed by atoms with Crippen LogP contribution in [0.1, 0.15) is 30.9 Å². The topological polar surface area (TPSA) is 3.24 Å². The monoisotopic (exact) mass is 283 g/mol. The molecule has 1 saturated carbocycles. The normalized spacial score (nSPS) is 22.2. The number of halogens is 2. The molecule has 1 aromatic carbocycles. The van der Waals surface area contributed by atoms with Gasteiger partial charge in [-0.15, -0.1) is 0 Å². The highest BCUT2D eigenvalue weighted by Gasteiger charge is 2.35. The third-order valence-corrected chi connectivity index (χ3v) is 4.33. The van der Waals surface area contributed by atoms with Crippen LogP contribution < -0.4 is 0 Å². The van der Waals surface area contributed by atoms with Gasteiger partial charge in [-0.25, -0.2) is 4.39 Å². The number of rotatable bonds is 2. The molecule has 0 bridgehead atoms. The lowest BCUT2D eigenvalue weighted by atomic mass is 10.1. The molecule has 16 heavy (non-hydrogen) atoms. The van der Waals surface area contributed by atoms with Crippen LogP contribution in [-0.2, 0) is 13.1 Å². The van der Waals surface area contributed by atoms with E-state index in [9.17, 15) is 4.39 Å². The minimum Gasteiger partial charge on any atom is -0.292 e. The van der Waals surface area contributed by atoms with Gasteiger partial charge in [0, 0.05) is 29.2 Å². The average molecular weight is 284 g/mol. The number of hydrogen-bond donors (Lipinski definition) is 0. The minimum atomic E-state index is -0.0603. The van der Waals surface area contributed by atoms with Gasteiger partial charge in [-0.05, 0) is 43.4 Å². The third kappa shape index (κ3) is 1.80. The predicted octanol–water partition coefficient (Wildman–Crippen LogP) is 3.70. The van der Waals surface area contributed by atoms with Crippen LogP contribution in [0.25, 0.3) is 0 Å². The van der Waals surface area contributed by atoms with Crippen molar-refractivity contribution in [1.82, 2.24) is 4.90 Å². The quantitative estimate of drug-likeness (QED) is 0.800. The fourth-order valence-electron chi connectivity index (χ4n) is 2.62. The lowest BCUT2D eigenvalue weighted by molar-refractivity contribution is 0.191. The van der Waals surface area contributed by atoms with Gasteiger partial charge in [-0.2, -0.15) is 0 Å². The van der Waals surface area contributed by atoms with Crippen LogP contribution in [0.3, 0.4) is 0 Å². The third-order valence-electron chi connectivity index (χ3n) is 3.87. The SMILES string of the molecule is C[C@@H](C1CC1)N1Cc2cc(Br)cc(F)c2C1. The summed E-state index contributed by atoms with van der Waals surface area (Å²) in [7, 11) is 0. The molecule has 2 aliphatic rings. The Labute approximate surface area is 104 Å².